The maximum Gasteiger partial charge on any atom is 0.220 e. The first-order chi connectivity index (χ1) is 11.3. The number of rotatable bonds is 11. The van der Waals surface area contributed by atoms with Crippen LogP contribution in [0.4, 0.5) is 0 Å². The van der Waals surface area contributed by atoms with E-state index in [2.05, 4.69) is 49.6 Å². The molecule has 1 aromatic heterocycles. The lowest BCUT2D eigenvalue weighted by Gasteiger charge is -2.29. The molecule has 0 bridgehead atoms. The van der Waals surface area contributed by atoms with E-state index >= 15 is 0 Å². The normalized spacial score (nSPS) is 15.3. The fourth-order valence-electron chi connectivity index (χ4n) is 2.85. The number of aliphatic hydroxyl groups excluding tert-OH is 1. The molecule has 1 rings (SSSR count). The van der Waals surface area contributed by atoms with Gasteiger partial charge in [-0.05, 0) is 37.0 Å². The van der Waals surface area contributed by atoms with Gasteiger partial charge in [0.2, 0.25) is 5.91 Å². The molecule has 0 unspecified atom stereocenters. The van der Waals surface area contributed by atoms with Crippen LogP contribution in [0.25, 0.3) is 0 Å². The molecule has 0 saturated heterocycles. The Morgan fingerprint density at radius 2 is 2.08 bits per heavy atom. The zero-order chi connectivity index (χ0) is 18.1. The van der Waals surface area contributed by atoms with Crippen LogP contribution in [-0.2, 0) is 11.2 Å². The largest absolute Gasteiger partial charge is 0.391 e. The molecule has 0 aliphatic heterocycles. The van der Waals surface area contributed by atoms with Crippen molar-refractivity contribution in [2.45, 2.75) is 65.5 Å². The third-order valence-electron chi connectivity index (χ3n) is 4.37. The van der Waals surface area contributed by atoms with Gasteiger partial charge < -0.3 is 15.4 Å². The monoisotopic (exact) mass is 335 g/mol. The van der Waals surface area contributed by atoms with Crippen molar-refractivity contribution in [2.75, 3.05) is 0 Å². The molecule has 3 atom stereocenters. The smallest absolute Gasteiger partial charge is 0.220 e. The van der Waals surface area contributed by atoms with Gasteiger partial charge in [-0.2, -0.15) is 0 Å². The van der Waals surface area contributed by atoms with Crippen LogP contribution in [0.1, 0.15) is 52.7 Å². The Morgan fingerprint density at radius 3 is 2.58 bits per heavy atom. The molecule has 1 heterocycles. The number of carbonyl (C=O) groups excluding carboxylic acids is 1. The molecular formula is C19H33N3O2. The molecule has 0 saturated carbocycles. The van der Waals surface area contributed by atoms with Crippen molar-refractivity contribution in [2.24, 2.45) is 17.8 Å². The van der Waals surface area contributed by atoms with Gasteiger partial charge in [-0.15, -0.1) is 6.58 Å². The molecule has 1 amide bonds. The van der Waals surface area contributed by atoms with E-state index in [9.17, 15) is 9.90 Å². The van der Waals surface area contributed by atoms with Crippen LogP contribution in [0.15, 0.2) is 25.2 Å². The van der Waals surface area contributed by atoms with Crippen molar-refractivity contribution in [1.29, 1.82) is 0 Å². The molecule has 0 fully saturated rings. The number of hydrogen-bond acceptors (Lipinski definition) is 3. The molecule has 136 valence electrons. The molecule has 0 aliphatic carbocycles. The van der Waals surface area contributed by atoms with Crippen LogP contribution in [0.3, 0.4) is 0 Å². The summed E-state index contributed by atoms with van der Waals surface area (Å²) in [5.74, 6) is 1.03. The average molecular weight is 335 g/mol. The fourth-order valence-corrected chi connectivity index (χ4v) is 2.85. The van der Waals surface area contributed by atoms with Crippen LogP contribution < -0.4 is 5.32 Å². The predicted octanol–water partition coefficient (Wildman–Crippen LogP) is 3.08. The molecule has 0 spiro atoms. The molecule has 24 heavy (non-hydrogen) atoms. The lowest BCUT2D eigenvalue weighted by atomic mass is 9.86. The zero-order valence-electron chi connectivity index (χ0n) is 15.5. The van der Waals surface area contributed by atoms with Gasteiger partial charge in [-0.25, -0.2) is 4.98 Å². The quantitative estimate of drug-likeness (QED) is 0.544. The summed E-state index contributed by atoms with van der Waals surface area (Å²) in [6.07, 6.45) is 7.11. The number of aliphatic hydroxyl groups is 1. The SMILES string of the molecule is C=C[C@@H](C[C@H](O)[C@H](CC(C)C)NC(=O)CCc1c[nH]cn1)C(C)C. The Bertz CT molecular complexity index is 483. The fraction of sp³-hybridized carbons (Fsp3) is 0.684. The molecule has 1 aromatic rings. The summed E-state index contributed by atoms with van der Waals surface area (Å²) in [6, 6.07) is -0.224. The minimum Gasteiger partial charge on any atom is -0.391 e. The third kappa shape index (κ3) is 7.30. The number of nitrogens with one attached hydrogen (secondary N) is 2. The highest BCUT2D eigenvalue weighted by Crippen LogP contribution is 2.21. The summed E-state index contributed by atoms with van der Waals surface area (Å²) in [5.41, 5.74) is 0.873. The molecule has 0 radical (unpaired) electrons. The summed E-state index contributed by atoms with van der Waals surface area (Å²) in [6.45, 7) is 12.3. The Morgan fingerprint density at radius 1 is 1.38 bits per heavy atom. The second-order valence-electron chi connectivity index (χ2n) is 7.31. The Kier molecular flexibility index (Phi) is 8.76. The van der Waals surface area contributed by atoms with Crippen LogP contribution in [0.2, 0.25) is 0 Å². The van der Waals surface area contributed by atoms with E-state index in [0.29, 0.717) is 31.1 Å². The number of hydrogen-bond donors (Lipinski definition) is 3. The van der Waals surface area contributed by atoms with Gasteiger partial charge in [-0.1, -0.05) is 33.8 Å². The predicted molar refractivity (Wildman–Crippen MR) is 97.4 cm³/mol. The lowest BCUT2D eigenvalue weighted by molar-refractivity contribution is -0.122. The van der Waals surface area contributed by atoms with Crippen molar-refractivity contribution in [3.63, 3.8) is 0 Å². The van der Waals surface area contributed by atoms with Crippen molar-refractivity contribution >= 4 is 5.91 Å². The average Bonchev–Trinajstić information content (AvgIpc) is 3.02. The molecular weight excluding hydrogens is 302 g/mol. The summed E-state index contributed by atoms with van der Waals surface area (Å²) in [7, 11) is 0. The standard InChI is InChI=1S/C19H33N3O2/c1-6-15(14(4)5)10-18(23)17(9-13(2)3)22-19(24)8-7-16-11-20-12-21-16/h6,11-15,17-18,23H,1,7-10H2,2-5H3,(H,20,21)(H,22,24)/t15-,17-,18-/m0/s1. The molecule has 5 heteroatoms. The highest BCUT2D eigenvalue weighted by molar-refractivity contribution is 5.76. The van der Waals surface area contributed by atoms with Gasteiger partial charge in [0.25, 0.3) is 0 Å². The molecule has 0 aliphatic rings. The van der Waals surface area contributed by atoms with Crippen molar-refractivity contribution in [3.8, 4) is 0 Å². The number of allylic oxidation sites excluding steroid dienone is 1. The van der Waals surface area contributed by atoms with Gasteiger partial charge in [0.15, 0.2) is 0 Å². The summed E-state index contributed by atoms with van der Waals surface area (Å²) < 4.78 is 0. The van der Waals surface area contributed by atoms with Crippen molar-refractivity contribution in [3.05, 3.63) is 30.9 Å². The highest BCUT2D eigenvalue weighted by Gasteiger charge is 2.25. The number of imidazole rings is 1. The molecule has 5 nitrogen and oxygen atoms in total. The summed E-state index contributed by atoms with van der Waals surface area (Å²) in [4.78, 5) is 19.3. The second kappa shape index (κ2) is 10.3. The number of H-pyrrole nitrogens is 1. The van der Waals surface area contributed by atoms with E-state index in [1.54, 1.807) is 12.5 Å². The Hall–Kier alpha value is -1.62. The number of aryl methyl sites for hydroxylation is 1. The van der Waals surface area contributed by atoms with Crippen molar-refractivity contribution in [1.82, 2.24) is 15.3 Å². The van der Waals surface area contributed by atoms with Gasteiger partial charge in [0, 0.05) is 12.6 Å². The first-order valence-corrected chi connectivity index (χ1v) is 8.91. The number of aromatic amines is 1. The Labute approximate surface area is 146 Å². The van der Waals surface area contributed by atoms with Crippen molar-refractivity contribution < 1.29 is 9.90 Å². The topological polar surface area (TPSA) is 78.0 Å². The number of amides is 1. The highest BCUT2D eigenvalue weighted by atomic mass is 16.3. The minimum atomic E-state index is -0.563. The van der Waals surface area contributed by atoms with Crippen LogP contribution in [0, 0.1) is 17.8 Å². The first-order valence-electron chi connectivity index (χ1n) is 8.91. The van der Waals surface area contributed by atoms with E-state index in [0.717, 1.165) is 12.1 Å². The van der Waals surface area contributed by atoms with Crippen LogP contribution in [0.5, 0.6) is 0 Å². The number of aromatic nitrogens is 2. The maximum absolute atomic E-state index is 12.2. The zero-order valence-corrected chi connectivity index (χ0v) is 15.5. The number of nitrogens with zero attached hydrogens (tertiary/aromatic N) is 1. The van der Waals surface area contributed by atoms with E-state index in [-0.39, 0.29) is 17.9 Å². The van der Waals surface area contributed by atoms with E-state index in [4.69, 9.17) is 0 Å². The molecule has 0 aromatic carbocycles. The van der Waals surface area contributed by atoms with Crippen LogP contribution in [-0.4, -0.2) is 33.1 Å². The summed E-state index contributed by atoms with van der Waals surface area (Å²) >= 11 is 0. The van der Waals surface area contributed by atoms with Gasteiger partial charge >= 0.3 is 0 Å². The second-order valence-corrected chi connectivity index (χ2v) is 7.31. The maximum atomic E-state index is 12.2. The molecule has 3 N–H and O–H groups in total. The first kappa shape index (κ1) is 20.4. The van der Waals surface area contributed by atoms with E-state index in [1.165, 1.54) is 0 Å². The third-order valence-corrected chi connectivity index (χ3v) is 4.37. The van der Waals surface area contributed by atoms with Gasteiger partial charge in [0.05, 0.1) is 24.2 Å². The van der Waals surface area contributed by atoms with E-state index in [1.807, 2.05) is 6.08 Å². The number of carbonyl (C=O) groups is 1. The van der Waals surface area contributed by atoms with E-state index < -0.39 is 6.10 Å². The van der Waals surface area contributed by atoms with Crippen LogP contribution >= 0.6 is 0 Å². The Balaban J connectivity index is 2.59. The summed E-state index contributed by atoms with van der Waals surface area (Å²) in [5, 5.41) is 13.6. The van der Waals surface area contributed by atoms with Gasteiger partial charge in [0.1, 0.15) is 0 Å². The van der Waals surface area contributed by atoms with Gasteiger partial charge in [-0.3, -0.25) is 4.79 Å². The minimum absolute atomic E-state index is 0.0394. The lowest BCUT2D eigenvalue weighted by Crippen LogP contribution is -2.45.